The van der Waals surface area contributed by atoms with Gasteiger partial charge < -0.3 is 4.74 Å². The highest BCUT2D eigenvalue weighted by Gasteiger charge is 2.04. The standard InChI is InChI=1S/C12H10ClFN2O/c1-2-11-15-10(13)7-12(16-11)17-9-5-3-4-8(14)6-9/h3-7H,2H2,1H3. The van der Waals surface area contributed by atoms with Gasteiger partial charge in [-0.1, -0.05) is 24.6 Å². The molecule has 0 fully saturated rings. The van der Waals surface area contributed by atoms with E-state index in [0.717, 1.165) is 0 Å². The van der Waals surface area contributed by atoms with Gasteiger partial charge in [0.15, 0.2) is 0 Å². The average molecular weight is 253 g/mol. The van der Waals surface area contributed by atoms with Crippen molar-refractivity contribution in [2.24, 2.45) is 0 Å². The molecule has 0 saturated heterocycles. The second-order valence-corrected chi connectivity index (χ2v) is 3.75. The van der Waals surface area contributed by atoms with Gasteiger partial charge in [0.1, 0.15) is 22.5 Å². The molecule has 0 aliphatic rings. The van der Waals surface area contributed by atoms with Crippen molar-refractivity contribution >= 4 is 11.6 Å². The molecule has 0 unspecified atom stereocenters. The molecule has 3 nitrogen and oxygen atoms in total. The lowest BCUT2D eigenvalue weighted by Crippen LogP contribution is -1.96. The molecule has 17 heavy (non-hydrogen) atoms. The molecule has 0 saturated carbocycles. The highest BCUT2D eigenvalue weighted by molar-refractivity contribution is 6.29. The lowest BCUT2D eigenvalue weighted by molar-refractivity contribution is 0.454. The fourth-order valence-electron chi connectivity index (χ4n) is 1.30. The summed E-state index contributed by atoms with van der Waals surface area (Å²) in [6.07, 6.45) is 0.653. The minimum Gasteiger partial charge on any atom is -0.439 e. The summed E-state index contributed by atoms with van der Waals surface area (Å²) in [6, 6.07) is 7.32. The molecule has 0 atom stereocenters. The van der Waals surface area contributed by atoms with Crippen molar-refractivity contribution in [1.29, 1.82) is 0 Å². The zero-order chi connectivity index (χ0) is 12.3. The first kappa shape index (κ1) is 11.8. The summed E-state index contributed by atoms with van der Waals surface area (Å²) in [7, 11) is 0. The zero-order valence-corrected chi connectivity index (χ0v) is 9.91. The Morgan fingerprint density at radius 1 is 1.29 bits per heavy atom. The van der Waals surface area contributed by atoms with E-state index in [1.165, 1.54) is 18.2 Å². The number of hydrogen-bond donors (Lipinski definition) is 0. The predicted octanol–water partition coefficient (Wildman–Crippen LogP) is 3.62. The van der Waals surface area contributed by atoms with Gasteiger partial charge in [-0.05, 0) is 12.1 Å². The van der Waals surface area contributed by atoms with Crippen molar-refractivity contribution in [1.82, 2.24) is 9.97 Å². The molecule has 5 heteroatoms. The van der Waals surface area contributed by atoms with Gasteiger partial charge in [-0.25, -0.2) is 9.37 Å². The molecule has 0 N–H and O–H groups in total. The summed E-state index contributed by atoms with van der Waals surface area (Å²) >= 11 is 5.82. The lowest BCUT2D eigenvalue weighted by atomic mass is 10.3. The number of benzene rings is 1. The summed E-state index contributed by atoms with van der Waals surface area (Å²) in [5, 5.41) is 0.309. The van der Waals surface area contributed by atoms with E-state index in [1.54, 1.807) is 12.1 Å². The number of halogens is 2. The van der Waals surface area contributed by atoms with Crippen molar-refractivity contribution in [2.45, 2.75) is 13.3 Å². The molecule has 0 bridgehead atoms. The molecule has 1 aromatic carbocycles. The van der Waals surface area contributed by atoms with Crippen LogP contribution in [0.2, 0.25) is 5.15 Å². The van der Waals surface area contributed by atoms with Crippen molar-refractivity contribution in [2.75, 3.05) is 0 Å². The van der Waals surface area contributed by atoms with Crippen LogP contribution >= 0.6 is 11.6 Å². The molecule has 2 rings (SSSR count). The molecule has 0 aliphatic heterocycles. The zero-order valence-electron chi connectivity index (χ0n) is 9.15. The summed E-state index contributed by atoms with van der Waals surface area (Å²) in [4.78, 5) is 8.15. The number of rotatable bonds is 3. The van der Waals surface area contributed by atoms with E-state index in [0.29, 0.717) is 29.0 Å². The first-order chi connectivity index (χ1) is 8.17. The molecular weight excluding hydrogens is 243 g/mol. The minimum absolute atomic E-state index is 0.309. The Labute approximate surface area is 103 Å². The van der Waals surface area contributed by atoms with Gasteiger partial charge in [-0.2, -0.15) is 4.98 Å². The van der Waals surface area contributed by atoms with E-state index in [9.17, 15) is 4.39 Å². The number of nitrogens with zero attached hydrogens (tertiary/aromatic N) is 2. The van der Waals surface area contributed by atoms with Crippen LogP contribution in [0.5, 0.6) is 11.6 Å². The van der Waals surface area contributed by atoms with Crippen LogP contribution in [0.25, 0.3) is 0 Å². The van der Waals surface area contributed by atoms with Gasteiger partial charge in [0.05, 0.1) is 0 Å². The van der Waals surface area contributed by atoms with Crippen molar-refractivity contribution in [3.8, 4) is 11.6 Å². The molecule has 0 radical (unpaired) electrons. The largest absolute Gasteiger partial charge is 0.439 e. The third-order valence-electron chi connectivity index (χ3n) is 2.05. The Hall–Kier alpha value is -1.68. The fourth-order valence-corrected chi connectivity index (χ4v) is 1.49. The monoisotopic (exact) mass is 252 g/mol. The molecule has 2 aromatic rings. The first-order valence-corrected chi connectivity index (χ1v) is 5.52. The number of ether oxygens (including phenoxy) is 1. The van der Waals surface area contributed by atoms with Crippen molar-refractivity contribution < 1.29 is 9.13 Å². The normalized spacial score (nSPS) is 10.3. The fraction of sp³-hybridized carbons (Fsp3) is 0.167. The Morgan fingerprint density at radius 3 is 2.82 bits per heavy atom. The van der Waals surface area contributed by atoms with Gasteiger partial charge in [0, 0.05) is 18.6 Å². The lowest BCUT2D eigenvalue weighted by Gasteiger charge is -2.06. The number of aryl methyl sites for hydroxylation is 1. The third-order valence-corrected chi connectivity index (χ3v) is 2.25. The molecule has 0 amide bonds. The van der Waals surface area contributed by atoms with Gasteiger partial charge in [-0.15, -0.1) is 0 Å². The minimum atomic E-state index is -0.363. The highest BCUT2D eigenvalue weighted by atomic mass is 35.5. The molecule has 0 spiro atoms. The van der Waals surface area contributed by atoms with E-state index < -0.39 is 0 Å². The Balaban J connectivity index is 2.26. The van der Waals surface area contributed by atoms with E-state index in [-0.39, 0.29) is 5.82 Å². The topological polar surface area (TPSA) is 35.0 Å². The van der Waals surface area contributed by atoms with Gasteiger partial charge in [-0.3, -0.25) is 0 Å². The highest BCUT2D eigenvalue weighted by Crippen LogP contribution is 2.22. The maximum atomic E-state index is 13.0. The number of aromatic nitrogens is 2. The van der Waals surface area contributed by atoms with Gasteiger partial charge >= 0.3 is 0 Å². The van der Waals surface area contributed by atoms with E-state index in [1.807, 2.05) is 6.92 Å². The van der Waals surface area contributed by atoms with Crippen LogP contribution in [0.4, 0.5) is 4.39 Å². The summed E-state index contributed by atoms with van der Waals surface area (Å²) in [6.45, 7) is 1.91. The van der Waals surface area contributed by atoms with Crippen LogP contribution in [0.15, 0.2) is 30.3 Å². The van der Waals surface area contributed by atoms with Crippen molar-refractivity contribution in [3.63, 3.8) is 0 Å². The van der Waals surface area contributed by atoms with Gasteiger partial charge in [0.25, 0.3) is 0 Å². The Bertz CT molecular complexity index is 534. The van der Waals surface area contributed by atoms with Crippen LogP contribution in [0.3, 0.4) is 0 Å². The summed E-state index contributed by atoms with van der Waals surface area (Å²) < 4.78 is 18.4. The summed E-state index contributed by atoms with van der Waals surface area (Å²) in [5.41, 5.74) is 0. The van der Waals surface area contributed by atoms with E-state index in [4.69, 9.17) is 16.3 Å². The van der Waals surface area contributed by atoms with Gasteiger partial charge in [0.2, 0.25) is 5.88 Å². The van der Waals surface area contributed by atoms with Crippen LogP contribution in [0, 0.1) is 5.82 Å². The van der Waals surface area contributed by atoms with Crippen LogP contribution < -0.4 is 4.74 Å². The maximum Gasteiger partial charge on any atom is 0.224 e. The first-order valence-electron chi connectivity index (χ1n) is 5.14. The molecule has 1 heterocycles. The smallest absolute Gasteiger partial charge is 0.224 e. The Morgan fingerprint density at radius 2 is 2.12 bits per heavy atom. The maximum absolute atomic E-state index is 13.0. The molecule has 1 aromatic heterocycles. The second-order valence-electron chi connectivity index (χ2n) is 3.36. The third kappa shape index (κ3) is 3.14. The average Bonchev–Trinajstić information content (AvgIpc) is 2.28. The molecular formula is C12H10ClFN2O. The number of hydrogen-bond acceptors (Lipinski definition) is 3. The van der Waals surface area contributed by atoms with E-state index >= 15 is 0 Å². The van der Waals surface area contributed by atoms with Crippen LogP contribution in [-0.2, 0) is 6.42 Å². The van der Waals surface area contributed by atoms with E-state index in [2.05, 4.69) is 9.97 Å². The molecule has 0 aliphatic carbocycles. The van der Waals surface area contributed by atoms with Crippen LogP contribution in [0.1, 0.15) is 12.7 Å². The summed E-state index contributed by atoms with van der Waals surface area (Å²) in [5.74, 6) is 0.913. The van der Waals surface area contributed by atoms with Crippen LogP contribution in [-0.4, -0.2) is 9.97 Å². The quantitative estimate of drug-likeness (QED) is 0.783. The van der Waals surface area contributed by atoms with Crippen molar-refractivity contribution in [3.05, 3.63) is 47.1 Å². The second kappa shape index (κ2) is 5.10. The molecule has 88 valence electrons. The predicted molar refractivity (Wildman–Crippen MR) is 62.9 cm³/mol. The Kier molecular flexibility index (Phi) is 3.54. The SMILES string of the molecule is CCc1nc(Cl)cc(Oc2cccc(F)c2)n1.